The molecule has 0 spiro atoms. The summed E-state index contributed by atoms with van der Waals surface area (Å²) in [5, 5.41) is 3.49. The van der Waals surface area contributed by atoms with Crippen LogP contribution in [0.3, 0.4) is 0 Å². The van der Waals surface area contributed by atoms with Gasteiger partial charge in [-0.3, -0.25) is 0 Å². The zero-order chi connectivity index (χ0) is 13.9. The maximum atomic E-state index is 5.08. The van der Waals surface area contributed by atoms with E-state index in [-0.39, 0.29) is 5.54 Å². The van der Waals surface area contributed by atoms with Crippen LogP contribution in [0.25, 0.3) is 5.69 Å². The first-order valence-electron chi connectivity index (χ1n) is 6.41. The molecule has 0 aliphatic rings. The van der Waals surface area contributed by atoms with Crippen LogP contribution in [0, 0.1) is 0 Å². The summed E-state index contributed by atoms with van der Waals surface area (Å²) in [5.41, 5.74) is 2.35. The van der Waals surface area contributed by atoms with E-state index in [1.54, 1.807) is 7.11 Å². The van der Waals surface area contributed by atoms with Crippen molar-refractivity contribution in [3.05, 3.63) is 42.4 Å². The van der Waals surface area contributed by atoms with Crippen LogP contribution in [0.2, 0.25) is 0 Å². The van der Waals surface area contributed by atoms with Crippen molar-refractivity contribution in [3.63, 3.8) is 0 Å². The third kappa shape index (κ3) is 3.58. The van der Waals surface area contributed by atoms with Crippen LogP contribution < -0.4 is 10.1 Å². The van der Waals surface area contributed by atoms with E-state index in [9.17, 15) is 0 Å². The first kappa shape index (κ1) is 13.6. The lowest BCUT2D eigenvalue weighted by atomic mass is 10.1. The van der Waals surface area contributed by atoms with E-state index in [4.69, 9.17) is 4.74 Å². The summed E-state index contributed by atoms with van der Waals surface area (Å²) >= 11 is 0. The topological polar surface area (TPSA) is 39.1 Å². The first-order chi connectivity index (χ1) is 8.99. The van der Waals surface area contributed by atoms with Crippen molar-refractivity contribution in [2.75, 3.05) is 7.11 Å². The zero-order valence-electron chi connectivity index (χ0n) is 12.0. The highest BCUT2D eigenvalue weighted by molar-refractivity contribution is 5.34. The molecular weight excluding hydrogens is 238 g/mol. The first-order valence-corrected chi connectivity index (χ1v) is 6.41. The number of nitrogens with zero attached hydrogens (tertiary/aromatic N) is 2. The Morgan fingerprint density at radius 1 is 1.26 bits per heavy atom. The van der Waals surface area contributed by atoms with Gasteiger partial charge in [-0.1, -0.05) is 0 Å². The van der Waals surface area contributed by atoms with Gasteiger partial charge in [0, 0.05) is 30.0 Å². The number of ether oxygens (including phenoxy) is 1. The Labute approximate surface area is 114 Å². The van der Waals surface area contributed by atoms with Crippen LogP contribution in [0.5, 0.6) is 5.88 Å². The lowest BCUT2D eigenvalue weighted by molar-refractivity contribution is 0.397. The molecule has 2 aromatic rings. The van der Waals surface area contributed by atoms with E-state index in [0.29, 0.717) is 5.88 Å². The van der Waals surface area contributed by atoms with Crippen molar-refractivity contribution in [2.45, 2.75) is 32.9 Å². The second-order valence-corrected chi connectivity index (χ2v) is 5.53. The van der Waals surface area contributed by atoms with Gasteiger partial charge >= 0.3 is 0 Å². The average molecular weight is 259 g/mol. The normalized spacial score (nSPS) is 11.6. The van der Waals surface area contributed by atoms with Crippen molar-refractivity contribution in [1.82, 2.24) is 14.9 Å². The van der Waals surface area contributed by atoms with Crippen LogP contribution in [0.4, 0.5) is 0 Å². The summed E-state index contributed by atoms with van der Waals surface area (Å²) in [4.78, 5) is 4.24. The highest BCUT2D eigenvalue weighted by Crippen LogP contribution is 2.15. The quantitative estimate of drug-likeness (QED) is 0.917. The van der Waals surface area contributed by atoms with Gasteiger partial charge in [-0.05, 0) is 39.0 Å². The molecule has 4 nitrogen and oxygen atoms in total. The monoisotopic (exact) mass is 259 g/mol. The number of hydrogen-bond donors (Lipinski definition) is 1. The second-order valence-electron chi connectivity index (χ2n) is 5.53. The Morgan fingerprint density at radius 3 is 2.63 bits per heavy atom. The van der Waals surface area contributed by atoms with Crippen LogP contribution >= 0.6 is 0 Å². The highest BCUT2D eigenvalue weighted by Gasteiger charge is 2.10. The van der Waals surface area contributed by atoms with Gasteiger partial charge in [0.2, 0.25) is 5.88 Å². The van der Waals surface area contributed by atoms with E-state index >= 15 is 0 Å². The van der Waals surface area contributed by atoms with Crippen molar-refractivity contribution in [3.8, 4) is 11.6 Å². The molecule has 0 amide bonds. The van der Waals surface area contributed by atoms with Crippen LogP contribution in [0.15, 0.2) is 36.7 Å². The maximum Gasteiger partial charge on any atom is 0.213 e. The molecule has 4 heteroatoms. The summed E-state index contributed by atoms with van der Waals surface area (Å²) in [5.74, 6) is 0.630. The molecule has 102 valence electrons. The average Bonchev–Trinajstić information content (AvgIpc) is 2.84. The van der Waals surface area contributed by atoms with E-state index in [1.165, 1.54) is 5.69 Å². The minimum Gasteiger partial charge on any atom is -0.481 e. The Kier molecular flexibility index (Phi) is 3.90. The molecule has 0 aromatic carbocycles. The fraction of sp³-hybridized carbons (Fsp3) is 0.400. The van der Waals surface area contributed by atoms with Crippen molar-refractivity contribution in [1.29, 1.82) is 0 Å². The molecule has 19 heavy (non-hydrogen) atoms. The van der Waals surface area contributed by atoms with Crippen LogP contribution in [-0.4, -0.2) is 22.2 Å². The third-order valence-corrected chi connectivity index (χ3v) is 2.84. The summed E-state index contributed by atoms with van der Waals surface area (Å²) in [6.07, 6.45) is 3.86. The van der Waals surface area contributed by atoms with Gasteiger partial charge in [-0.2, -0.15) is 0 Å². The molecule has 0 bridgehead atoms. The standard InChI is InChI=1S/C15H21N3O/c1-15(2,3)17-11-12-6-5-9-18(12)13-7-8-14(19-4)16-10-13/h5-10,17H,11H2,1-4H3. The van der Waals surface area contributed by atoms with Gasteiger partial charge in [0.25, 0.3) is 0 Å². The largest absolute Gasteiger partial charge is 0.481 e. The fourth-order valence-electron chi connectivity index (χ4n) is 1.80. The molecule has 2 heterocycles. The SMILES string of the molecule is COc1ccc(-n2cccc2CNC(C)(C)C)cn1. The predicted octanol–water partition coefficient (Wildman–Crippen LogP) is 2.77. The molecule has 0 unspecified atom stereocenters. The molecule has 1 N–H and O–H groups in total. The maximum absolute atomic E-state index is 5.08. The number of nitrogens with one attached hydrogen (secondary N) is 1. The number of hydrogen-bond acceptors (Lipinski definition) is 3. The minimum atomic E-state index is 0.104. The zero-order valence-corrected chi connectivity index (χ0v) is 12.0. The smallest absolute Gasteiger partial charge is 0.213 e. The van der Waals surface area contributed by atoms with Gasteiger partial charge in [0.1, 0.15) is 0 Å². The highest BCUT2D eigenvalue weighted by atomic mass is 16.5. The van der Waals surface area contributed by atoms with Crippen molar-refractivity contribution >= 4 is 0 Å². The molecule has 0 radical (unpaired) electrons. The lowest BCUT2D eigenvalue weighted by Crippen LogP contribution is -2.35. The predicted molar refractivity (Wildman–Crippen MR) is 76.7 cm³/mol. The molecule has 0 atom stereocenters. The molecular formula is C15H21N3O. The summed E-state index contributed by atoms with van der Waals surface area (Å²) in [7, 11) is 1.62. The lowest BCUT2D eigenvalue weighted by Gasteiger charge is -2.21. The van der Waals surface area contributed by atoms with Crippen molar-refractivity contribution in [2.24, 2.45) is 0 Å². The van der Waals surface area contributed by atoms with Crippen molar-refractivity contribution < 1.29 is 4.74 Å². The molecule has 0 aliphatic heterocycles. The fourth-order valence-corrected chi connectivity index (χ4v) is 1.80. The van der Waals surface area contributed by atoms with Gasteiger partial charge in [0.05, 0.1) is 19.0 Å². The van der Waals surface area contributed by atoms with Crippen LogP contribution in [-0.2, 0) is 6.54 Å². The second kappa shape index (κ2) is 5.45. The van der Waals surface area contributed by atoms with Crippen LogP contribution in [0.1, 0.15) is 26.5 Å². The molecule has 0 saturated carbocycles. The van der Waals surface area contributed by atoms with Gasteiger partial charge in [0.15, 0.2) is 0 Å². The number of aromatic nitrogens is 2. The molecule has 2 aromatic heterocycles. The summed E-state index contributed by atoms with van der Waals surface area (Å²) in [6.45, 7) is 7.31. The Morgan fingerprint density at radius 2 is 2.05 bits per heavy atom. The van der Waals surface area contributed by atoms with E-state index in [1.807, 2.05) is 30.6 Å². The molecule has 0 fully saturated rings. The molecule has 0 saturated heterocycles. The Bertz CT molecular complexity index is 523. The Balaban J connectivity index is 2.18. The van der Waals surface area contributed by atoms with E-state index < -0.39 is 0 Å². The summed E-state index contributed by atoms with van der Waals surface area (Å²) in [6, 6.07) is 8.04. The Hall–Kier alpha value is -1.81. The van der Waals surface area contributed by atoms with Gasteiger partial charge < -0.3 is 14.6 Å². The number of methoxy groups -OCH3 is 1. The number of rotatable bonds is 4. The minimum absolute atomic E-state index is 0.104. The van der Waals surface area contributed by atoms with Gasteiger partial charge in [-0.15, -0.1) is 0 Å². The molecule has 0 aliphatic carbocycles. The van der Waals surface area contributed by atoms with Gasteiger partial charge in [-0.25, -0.2) is 4.98 Å². The summed E-state index contributed by atoms with van der Waals surface area (Å²) < 4.78 is 7.21. The number of pyridine rings is 1. The molecule has 2 rings (SSSR count). The third-order valence-electron chi connectivity index (χ3n) is 2.84. The van der Waals surface area contributed by atoms with E-state index in [2.05, 4.69) is 41.7 Å². The van der Waals surface area contributed by atoms with E-state index in [0.717, 1.165) is 12.2 Å².